The Bertz CT molecular complexity index is 980. The molecule has 0 saturated carbocycles. The van der Waals surface area contributed by atoms with Crippen molar-refractivity contribution in [1.29, 1.82) is 0 Å². The SMILES string of the molecule is COc1ccc(-c2ccc(C(=O)N3CCOCC3)cn2)c2ccc(C)nc12. The molecular weight excluding hydrogens is 342 g/mol. The lowest BCUT2D eigenvalue weighted by Crippen LogP contribution is -2.40. The monoisotopic (exact) mass is 363 g/mol. The summed E-state index contributed by atoms with van der Waals surface area (Å²) in [5.41, 5.74) is 4.09. The van der Waals surface area contributed by atoms with Crippen LogP contribution < -0.4 is 4.74 Å². The number of hydrogen-bond acceptors (Lipinski definition) is 5. The van der Waals surface area contributed by atoms with E-state index in [0.29, 0.717) is 31.9 Å². The molecule has 2 aromatic heterocycles. The molecule has 1 amide bonds. The molecule has 138 valence electrons. The van der Waals surface area contributed by atoms with Gasteiger partial charge in [-0.2, -0.15) is 0 Å². The Morgan fingerprint density at radius 1 is 1.11 bits per heavy atom. The van der Waals surface area contributed by atoms with Crippen LogP contribution in [0.3, 0.4) is 0 Å². The smallest absolute Gasteiger partial charge is 0.255 e. The zero-order valence-electron chi connectivity index (χ0n) is 15.4. The summed E-state index contributed by atoms with van der Waals surface area (Å²) >= 11 is 0. The summed E-state index contributed by atoms with van der Waals surface area (Å²) < 4.78 is 10.8. The van der Waals surface area contributed by atoms with Gasteiger partial charge in [-0.1, -0.05) is 6.07 Å². The first-order valence-electron chi connectivity index (χ1n) is 8.95. The van der Waals surface area contributed by atoms with Gasteiger partial charge in [0.25, 0.3) is 5.91 Å². The van der Waals surface area contributed by atoms with Crippen LogP contribution in [-0.2, 0) is 4.74 Å². The topological polar surface area (TPSA) is 64.5 Å². The second-order valence-electron chi connectivity index (χ2n) is 6.50. The Morgan fingerprint density at radius 2 is 1.93 bits per heavy atom. The van der Waals surface area contributed by atoms with Crippen LogP contribution in [0.25, 0.3) is 22.2 Å². The second-order valence-corrected chi connectivity index (χ2v) is 6.50. The van der Waals surface area contributed by atoms with E-state index >= 15 is 0 Å². The van der Waals surface area contributed by atoms with Crippen molar-refractivity contribution in [2.24, 2.45) is 0 Å². The molecule has 27 heavy (non-hydrogen) atoms. The van der Waals surface area contributed by atoms with Crippen molar-refractivity contribution >= 4 is 16.8 Å². The molecule has 0 unspecified atom stereocenters. The summed E-state index contributed by atoms with van der Waals surface area (Å²) in [7, 11) is 1.64. The standard InChI is InChI=1S/C21H21N3O3/c1-14-3-5-17-16(6-8-19(26-2)20(17)23-14)18-7-4-15(13-22-18)21(25)24-9-11-27-12-10-24/h3-8,13H,9-12H2,1-2H3. The molecule has 1 aliphatic rings. The van der Waals surface area contributed by atoms with Crippen LogP contribution in [-0.4, -0.2) is 54.2 Å². The van der Waals surface area contributed by atoms with Crippen molar-refractivity contribution in [2.45, 2.75) is 6.92 Å². The summed E-state index contributed by atoms with van der Waals surface area (Å²) in [6.07, 6.45) is 1.64. The highest BCUT2D eigenvalue weighted by Crippen LogP contribution is 2.32. The molecule has 0 bridgehead atoms. The normalized spacial score (nSPS) is 14.4. The van der Waals surface area contributed by atoms with E-state index in [4.69, 9.17) is 9.47 Å². The summed E-state index contributed by atoms with van der Waals surface area (Å²) in [5.74, 6) is 0.728. The summed E-state index contributed by atoms with van der Waals surface area (Å²) in [6, 6.07) is 11.6. The number of methoxy groups -OCH3 is 1. The van der Waals surface area contributed by atoms with Crippen molar-refractivity contribution in [3.63, 3.8) is 0 Å². The summed E-state index contributed by atoms with van der Waals surface area (Å²) in [4.78, 5) is 23.5. The minimum absolute atomic E-state index is 0.00534. The summed E-state index contributed by atoms with van der Waals surface area (Å²) in [6.45, 7) is 4.36. The first-order valence-corrected chi connectivity index (χ1v) is 8.95. The minimum Gasteiger partial charge on any atom is -0.494 e. The maximum absolute atomic E-state index is 12.6. The largest absolute Gasteiger partial charge is 0.494 e. The predicted molar refractivity (Wildman–Crippen MR) is 103 cm³/mol. The lowest BCUT2D eigenvalue weighted by molar-refractivity contribution is 0.0302. The van der Waals surface area contributed by atoms with Gasteiger partial charge in [0.1, 0.15) is 11.3 Å². The third-order valence-corrected chi connectivity index (χ3v) is 4.76. The fraction of sp³-hybridized carbons (Fsp3) is 0.286. The van der Waals surface area contributed by atoms with Crippen LogP contribution in [0.15, 0.2) is 42.6 Å². The molecule has 0 N–H and O–H groups in total. The minimum atomic E-state index is -0.00534. The highest BCUT2D eigenvalue weighted by Gasteiger charge is 2.19. The average molecular weight is 363 g/mol. The van der Waals surface area contributed by atoms with Gasteiger partial charge in [-0.05, 0) is 37.3 Å². The Morgan fingerprint density at radius 3 is 2.63 bits per heavy atom. The highest BCUT2D eigenvalue weighted by atomic mass is 16.5. The molecule has 1 aromatic carbocycles. The predicted octanol–water partition coefficient (Wildman–Crippen LogP) is 3.09. The number of carbonyl (C=O) groups is 1. The molecule has 6 nitrogen and oxygen atoms in total. The van der Waals surface area contributed by atoms with Gasteiger partial charge in [-0.25, -0.2) is 4.98 Å². The fourth-order valence-electron chi connectivity index (χ4n) is 3.31. The van der Waals surface area contributed by atoms with Gasteiger partial charge in [0.05, 0.1) is 31.6 Å². The molecule has 4 rings (SSSR count). The van der Waals surface area contributed by atoms with E-state index in [1.807, 2.05) is 43.3 Å². The quantitative estimate of drug-likeness (QED) is 0.715. The molecule has 0 atom stereocenters. The number of rotatable bonds is 3. The van der Waals surface area contributed by atoms with E-state index in [1.165, 1.54) is 0 Å². The van der Waals surface area contributed by atoms with Crippen molar-refractivity contribution in [3.05, 3.63) is 53.9 Å². The Balaban J connectivity index is 1.69. The van der Waals surface area contributed by atoms with Gasteiger partial charge in [0.15, 0.2) is 0 Å². The lowest BCUT2D eigenvalue weighted by atomic mass is 10.0. The van der Waals surface area contributed by atoms with Crippen molar-refractivity contribution in [3.8, 4) is 17.0 Å². The molecule has 1 saturated heterocycles. The summed E-state index contributed by atoms with van der Waals surface area (Å²) in [5, 5.41) is 0.972. The van der Waals surface area contributed by atoms with Crippen LogP contribution >= 0.6 is 0 Å². The van der Waals surface area contributed by atoms with E-state index in [1.54, 1.807) is 18.2 Å². The fourth-order valence-corrected chi connectivity index (χ4v) is 3.31. The van der Waals surface area contributed by atoms with E-state index < -0.39 is 0 Å². The van der Waals surface area contributed by atoms with Crippen LogP contribution in [0.4, 0.5) is 0 Å². The molecule has 0 spiro atoms. The number of amides is 1. The van der Waals surface area contributed by atoms with E-state index in [0.717, 1.165) is 33.6 Å². The van der Waals surface area contributed by atoms with Crippen LogP contribution in [0.2, 0.25) is 0 Å². The maximum atomic E-state index is 12.6. The number of morpholine rings is 1. The Hall–Kier alpha value is -2.99. The van der Waals surface area contributed by atoms with E-state index in [2.05, 4.69) is 9.97 Å². The van der Waals surface area contributed by atoms with Crippen molar-refractivity contribution in [1.82, 2.24) is 14.9 Å². The Labute approximate surface area is 157 Å². The third kappa shape index (κ3) is 3.36. The first kappa shape index (κ1) is 17.4. The molecule has 3 heterocycles. The third-order valence-electron chi connectivity index (χ3n) is 4.76. The molecule has 1 aliphatic heterocycles. The Kier molecular flexibility index (Phi) is 4.73. The number of carbonyl (C=O) groups excluding carboxylic acids is 1. The molecule has 1 fully saturated rings. The zero-order chi connectivity index (χ0) is 18.8. The van der Waals surface area contributed by atoms with Crippen LogP contribution in [0, 0.1) is 6.92 Å². The number of ether oxygens (including phenoxy) is 2. The first-order chi connectivity index (χ1) is 13.2. The average Bonchev–Trinajstić information content (AvgIpc) is 2.73. The lowest BCUT2D eigenvalue weighted by Gasteiger charge is -2.26. The van der Waals surface area contributed by atoms with E-state index in [9.17, 15) is 4.79 Å². The van der Waals surface area contributed by atoms with E-state index in [-0.39, 0.29) is 5.91 Å². The van der Waals surface area contributed by atoms with Crippen molar-refractivity contribution < 1.29 is 14.3 Å². The van der Waals surface area contributed by atoms with Crippen LogP contribution in [0.1, 0.15) is 16.1 Å². The van der Waals surface area contributed by atoms with Gasteiger partial charge >= 0.3 is 0 Å². The molecule has 6 heteroatoms. The molecular formula is C21H21N3O3. The second kappa shape index (κ2) is 7.32. The number of nitrogens with zero attached hydrogens (tertiary/aromatic N) is 3. The number of hydrogen-bond donors (Lipinski definition) is 0. The van der Waals surface area contributed by atoms with Crippen LogP contribution in [0.5, 0.6) is 5.75 Å². The molecule has 0 radical (unpaired) electrons. The van der Waals surface area contributed by atoms with Gasteiger partial charge in [-0.3, -0.25) is 9.78 Å². The van der Waals surface area contributed by atoms with Crippen molar-refractivity contribution in [2.75, 3.05) is 33.4 Å². The van der Waals surface area contributed by atoms with Gasteiger partial charge in [0.2, 0.25) is 0 Å². The number of aromatic nitrogens is 2. The maximum Gasteiger partial charge on any atom is 0.255 e. The zero-order valence-corrected chi connectivity index (χ0v) is 15.4. The highest BCUT2D eigenvalue weighted by molar-refractivity contribution is 5.98. The molecule has 0 aliphatic carbocycles. The number of pyridine rings is 2. The number of aryl methyl sites for hydroxylation is 1. The number of fused-ring (bicyclic) bond motifs is 1. The van der Waals surface area contributed by atoms with Gasteiger partial charge in [-0.15, -0.1) is 0 Å². The molecule has 3 aromatic rings. The number of benzene rings is 1. The van der Waals surface area contributed by atoms with Gasteiger partial charge in [0, 0.05) is 35.9 Å². The van der Waals surface area contributed by atoms with Gasteiger partial charge < -0.3 is 14.4 Å².